The second-order valence-electron chi connectivity index (χ2n) is 6.29. The molecule has 0 saturated carbocycles. The van der Waals surface area contributed by atoms with Gasteiger partial charge < -0.3 is 0 Å². The van der Waals surface area contributed by atoms with Crippen LogP contribution in [0.5, 0.6) is 0 Å². The minimum absolute atomic E-state index is 0.0560. The van der Waals surface area contributed by atoms with E-state index < -0.39 is 34.1 Å². The molecule has 2 aromatic rings. The minimum Gasteiger partial charge on any atom is -0.298 e. The number of hydrogen-bond acceptors (Lipinski definition) is 5. The smallest absolute Gasteiger partial charge is 0.236 e. The van der Waals surface area contributed by atoms with Gasteiger partial charge in [-0.1, -0.05) is 60.7 Å². The standard InChI is InChI=1S/C22H12O5/c23-12-16-17(10-11-18(24)19(16)25)22(13-6-2-1-3-7-13)20(26)14-8-4-5-9-15(14)21(22)27/h1-12H. The van der Waals surface area contributed by atoms with Crippen LogP contribution in [0.2, 0.25) is 0 Å². The average molecular weight is 356 g/mol. The van der Waals surface area contributed by atoms with Crippen molar-refractivity contribution in [3.05, 3.63) is 94.6 Å². The van der Waals surface area contributed by atoms with Crippen molar-refractivity contribution in [2.24, 2.45) is 0 Å². The third-order valence-electron chi connectivity index (χ3n) is 4.99. The predicted molar refractivity (Wildman–Crippen MR) is 95.5 cm³/mol. The van der Waals surface area contributed by atoms with Crippen LogP contribution in [0.1, 0.15) is 26.3 Å². The number of fused-ring (bicyclic) bond motifs is 1. The molecule has 0 N–H and O–H groups in total. The SMILES string of the molecule is O=CC1=C(C2(c3ccccc3)C(=O)c3ccccc3C2=O)C=CC(=O)C1=O. The molecule has 4 rings (SSSR count). The van der Waals surface area contributed by atoms with Gasteiger partial charge in [-0.25, -0.2) is 0 Å². The molecule has 0 spiro atoms. The van der Waals surface area contributed by atoms with E-state index in [-0.39, 0.29) is 23.0 Å². The van der Waals surface area contributed by atoms with Crippen molar-refractivity contribution in [2.45, 2.75) is 5.41 Å². The molecule has 2 aliphatic carbocycles. The summed E-state index contributed by atoms with van der Waals surface area (Å²) in [6, 6.07) is 14.6. The highest BCUT2D eigenvalue weighted by Crippen LogP contribution is 2.46. The molecule has 2 aliphatic rings. The first-order valence-electron chi connectivity index (χ1n) is 8.24. The summed E-state index contributed by atoms with van der Waals surface area (Å²) in [4.78, 5) is 62.6. The van der Waals surface area contributed by atoms with E-state index in [4.69, 9.17) is 0 Å². The summed E-state index contributed by atoms with van der Waals surface area (Å²) >= 11 is 0. The number of carbonyl (C=O) groups excluding carboxylic acids is 5. The molecule has 0 fully saturated rings. The lowest BCUT2D eigenvalue weighted by atomic mass is 9.67. The van der Waals surface area contributed by atoms with Crippen LogP contribution in [-0.2, 0) is 19.8 Å². The van der Waals surface area contributed by atoms with E-state index in [2.05, 4.69) is 0 Å². The second kappa shape index (κ2) is 5.92. The van der Waals surface area contributed by atoms with Crippen molar-refractivity contribution in [1.29, 1.82) is 0 Å². The Kier molecular flexibility index (Phi) is 3.66. The lowest BCUT2D eigenvalue weighted by molar-refractivity contribution is -0.132. The molecule has 0 radical (unpaired) electrons. The monoisotopic (exact) mass is 356 g/mol. The van der Waals surface area contributed by atoms with Gasteiger partial charge in [-0.2, -0.15) is 0 Å². The van der Waals surface area contributed by atoms with Gasteiger partial charge in [-0.3, -0.25) is 24.0 Å². The normalized spacial score (nSPS) is 18.1. The number of benzene rings is 2. The Labute approximate surface area is 154 Å². The summed E-state index contributed by atoms with van der Waals surface area (Å²) in [5.74, 6) is -2.92. The number of rotatable bonds is 3. The lowest BCUT2D eigenvalue weighted by Crippen LogP contribution is -2.42. The van der Waals surface area contributed by atoms with Crippen LogP contribution in [-0.4, -0.2) is 29.4 Å². The zero-order chi connectivity index (χ0) is 19.2. The van der Waals surface area contributed by atoms with Gasteiger partial charge in [0, 0.05) is 11.1 Å². The molecule has 2 aromatic carbocycles. The number of ketones is 4. The van der Waals surface area contributed by atoms with Crippen molar-refractivity contribution in [2.75, 3.05) is 0 Å². The van der Waals surface area contributed by atoms with E-state index >= 15 is 0 Å². The van der Waals surface area contributed by atoms with E-state index in [9.17, 15) is 24.0 Å². The Bertz CT molecular complexity index is 1070. The Morgan fingerprint density at radius 3 is 1.81 bits per heavy atom. The van der Waals surface area contributed by atoms with E-state index in [1.807, 2.05) is 0 Å². The fourth-order valence-corrected chi connectivity index (χ4v) is 3.76. The highest BCUT2D eigenvalue weighted by Gasteiger charge is 2.57. The largest absolute Gasteiger partial charge is 0.298 e. The van der Waals surface area contributed by atoms with E-state index in [1.165, 1.54) is 6.08 Å². The molecule has 27 heavy (non-hydrogen) atoms. The van der Waals surface area contributed by atoms with Gasteiger partial charge in [0.1, 0.15) is 5.41 Å². The fourth-order valence-electron chi connectivity index (χ4n) is 3.76. The zero-order valence-electron chi connectivity index (χ0n) is 14.0. The number of Topliss-reactive ketones (excluding diaryl/α,β-unsaturated/α-hetero) is 3. The molecule has 0 heterocycles. The minimum atomic E-state index is -1.87. The first-order chi connectivity index (χ1) is 13.0. The first-order valence-corrected chi connectivity index (χ1v) is 8.24. The maximum absolute atomic E-state index is 13.5. The van der Waals surface area contributed by atoms with Crippen LogP contribution in [0.15, 0.2) is 77.9 Å². The maximum Gasteiger partial charge on any atom is 0.236 e. The molecule has 5 nitrogen and oxygen atoms in total. The molecule has 0 atom stereocenters. The van der Waals surface area contributed by atoms with Gasteiger partial charge in [0.25, 0.3) is 0 Å². The number of hydrogen-bond donors (Lipinski definition) is 0. The van der Waals surface area contributed by atoms with Gasteiger partial charge in [0.15, 0.2) is 17.9 Å². The van der Waals surface area contributed by atoms with Gasteiger partial charge in [-0.05, 0) is 17.2 Å². The van der Waals surface area contributed by atoms with Crippen LogP contribution < -0.4 is 0 Å². The Hall–Kier alpha value is -3.73. The Balaban J connectivity index is 2.12. The number of carbonyl (C=O) groups is 5. The average Bonchev–Trinajstić information content (AvgIpc) is 2.93. The van der Waals surface area contributed by atoms with Crippen molar-refractivity contribution >= 4 is 29.4 Å². The maximum atomic E-state index is 13.5. The lowest BCUT2D eigenvalue weighted by Gasteiger charge is -2.30. The second-order valence-corrected chi connectivity index (χ2v) is 6.29. The van der Waals surface area contributed by atoms with E-state index in [0.717, 1.165) is 6.08 Å². The predicted octanol–water partition coefficient (Wildman–Crippen LogP) is 2.21. The summed E-state index contributed by atoms with van der Waals surface area (Å²) in [5, 5.41) is 0. The Morgan fingerprint density at radius 1 is 0.704 bits per heavy atom. The van der Waals surface area contributed by atoms with Crippen molar-refractivity contribution in [1.82, 2.24) is 0 Å². The van der Waals surface area contributed by atoms with E-state index in [1.54, 1.807) is 54.6 Å². The third-order valence-corrected chi connectivity index (χ3v) is 4.99. The van der Waals surface area contributed by atoms with Crippen LogP contribution in [0.4, 0.5) is 0 Å². The van der Waals surface area contributed by atoms with Gasteiger partial charge >= 0.3 is 0 Å². The molecule has 130 valence electrons. The zero-order valence-corrected chi connectivity index (χ0v) is 14.0. The molecule has 5 heteroatoms. The molecule has 0 aliphatic heterocycles. The summed E-state index contributed by atoms with van der Waals surface area (Å²) in [6.07, 6.45) is 2.48. The fraction of sp³-hybridized carbons (Fsp3) is 0.0455. The quantitative estimate of drug-likeness (QED) is 0.277. The van der Waals surface area contributed by atoms with Crippen molar-refractivity contribution < 1.29 is 24.0 Å². The molecule has 0 unspecified atom stereocenters. The van der Waals surface area contributed by atoms with Crippen LogP contribution in [0, 0.1) is 0 Å². The van der Waals surface area contributed by atoms with Gasteiger partial charge in [0.05, 0.1) is 5.57 Å². The summed E-state index contributed by atoms with van der Waals surface area (Å²) in [5.41, 5.74) is -1.59. The van der Waals surface area contributed by atoms with Crippen molar-refractivity contribution in [3.63, 3.8) is 0 Å². The van der Waals surface area contributed by atoms with Crippen molar-refractivity contribution in [3.8, 4) is 0 Å². The topological polar surface area (TPSA) is 85.3 Å². The molecule has 0 saturated heterocycles. The Morgan fingerprint density at radius 2 is 1.26 bits per heavy atom. The summed E-state index contributed by atoms with van der Waals surface area (Å²) < 4.78 is 0. The van der Waals surface area contributed by atoms with E-state index in [0.29, 0.717) is 5.56 Å². The first kappa shape index (κ1) is 16.7. The van der Waals surface area contributed by atoms with Crippen LogP contribution in [0.3, 0.4) is 0 Å². The van der Waals surface area contributed by atoms with Crippen LogP contribution in [0.25, 0.3) is 0 Å². The summed E-state index contributed by atoms with van der Waals surface area (Å²) in [6.45, 7) is 0. The number of aldehydes is 1. The van der Waals surface area contributed by atoms with Gasteiger partial charge in [-0.15, -0.1) is 0 Å². The number of allylic oxidation sites excluding steroid dienone is 4. The summed E-state index contributed by atoms with van der Waals surface area (Å²) in [7, 11) is 0. The molecule has 0 aromatic heterocycles. The third kappa shape index (κ3) is 2.08. The van der Waals surface area contributed by atoms with Crippen LogP contribution >= 0.6 is 0 Å². The molecule has 0 bridgehead atoms. The highest BCUT2D eigenvalue weighted by molar-refractivity contribution is 6.53. The molecular weight excluding hydrogens is 344 g/mol. The molecular formula is C22H12O5. The molecule has 0 amide bonds. The highest BCUT2D eigenvalue weighted by atomic mass is 16.2. The van der Waals surface area contributed by atoms with Gasteiger partial charge in [0.2, 0.25) is 11.6 Å².